The minimum absolute atomic E-state index is 0.272. The predicted octanol–water partition coefficient (Wildman–Crippen LogP) is 2.84. The van der Waals surface area contributed by atoms with Crippen molar-refractivity contribution in [3.05, 3.63) is 41.3 Å². The lowest BCUT2D eigenvalue weighted by Crippen LogP contribution is -2.40. The summed E-state index contributed by atoms with van der Waals surface area (Å²) < 4.78 is 13.6. The molecule has 1 aliphatic rings. The summed E-state index contributed by atoms with van der Waals surface area (Å²) in [5.74, 6) is -1.73. The number of nitrogens with zero attached hydrogens (tertiary/aromatic N) is 1. The molecule has 0 aliphatic heterocycles. The molecule has 1 atom stereocenters. The Morgan fingerprint density at radius 3 is 2.74 bits per heavy atom. The van der Waals surface area contributed by atoms with E-state index in [1.54, 1.807) is 19.1 Å². The van der Waals surface area contributed by atoms with Gasteiger partial charge in [-0.15, -0.1) is 0 Å². The minimum atomic E-state index is -1.09. The fourth-order valence-electron chi connectivity index (χ4n) is 2.57. The number of carbonyl (C=O) groups is 2. The lowest BCUT2D eigenvalue weighted by molar-refractivity contribution is -0.139. The van der Waals surface area contributed by atoms with Gasteiger partial charge in [0.25, 0.3) is 5.91 Å². The van der Waals surface area contributed by atoms with Crippen LogP contribution >= 0.6 is 0 Å². The lowest BCUT2D eigenvalue weighted by Gasteiger charge is -2.14. The first-order valence-electron chi connectivity index (χ1n) is 7.63. The molecule has 1 fully saturated rings. The topological polar surface area (TPSA) is 79.3 Å². The number of aliphatic carboxylic acids is 1. The summed E-state index contributed by atoms with van der Waals surface area (Å²) in [5, 5.41) is 12.0. The maximum Gasteiger partial charge on any atom is 0.326 e. The third-order valence-electron chi connectivity index (χ3n) is 4.04. The molecule has 5 nitrogen and oxygen atoms in total. The van der Waals surface area contributed by atoms with Crippen LogP contribution in [0, 0.1) is 5.82 Å². The summed E-state index contributed by atoms with van der Waals surface area (Å²) in [5.41, 5.74) is 1.62. The first-order valence-corrected chi connectivity index (χ1v) is 7.63. The average molecular weight is 316 g/mol. The molecular formula is C17H17FN2O3. The van der Waals surface area contributed by atoms with Crippen LogP contribution in [0.25, 0.3) is 10.9 Å². The highest BCUT2D eigenvalue weighted by Gasteiger charge is 2.28. The summed E-state index contributed by atoms with van der Waals surface area (Å²) in [6.07, 6.45) is 2.31. The van der Waals surface area contributed by atoms with Crippen molar-refractivity contribution in [3.63, 3.8) is 0 Å². The standard InChI is InChI=1S/C17H17FN2O3/c1-2-13(17(22)23)20-16(21)12-8-15(9-3-4-9)19-14-6-5-10(18)7-11(12)14/h5-9,13H,2-4H2,1H3,(H,20,21)(H,22,23). The van der Waals surface area contributed by atoms with Crippen molar-refractivity contribution in [1.82, 2.24) is 10.3 Å². The van der Waals surface area contributed by atoms with E-state index >= 15 is 0 Å². The van der Waals surface area contributed by atoms with E-state index in [0.29, 0.717) is 16.8 Å². The Bertz CT molecular complexity index is 787. The molecule has 0 saturated heterocycles. The van der Waals surface area contributed by atoms with Crippen molar-refractivity contribution in [1.29, 1.82) is 0 Å². The third-order valence-corrected chi connectivity index (χ3v) is 4.04. The number of halogens is 1. The second kappa shape index (κ2) is 5.95. The predicted molar refractivity (Wildman–Crippen MR) is 82.9 cm³/mol. The number of carbonyl (C=O) groups excluding carboxylic acids is 1. The first kappa shape index (κ1) is 15.4. The summed E-state index contributed by atoms with van der Waals surface area (Å²) in [6, 6.07) is 4.80. The van der Waals surface area contributed by atoms with E-state index < -0.39 is 23.7 Å². The quantitative estimate of drug-likeness (QED) is 0.889. The van der Waals surface area contributed by atoms with E-state index in [0.717, 1.165) is 18.5 Å². The number of carboxylic acids is 1. The van der Waals surface area contributed by atoms with Gasteiger partial charge in [0.05, 0.1) is 11.1 Å². The third kappa shape index (κ3) is 3.16. The number of benzene rings is 1. The van der Waals surface area contributed by atoms with Crippen LogP contribution in [0.4, 0.5) is 4.39 Å². The molecule has 1 aromatic heterocycles. The maximum atomic E-state index is 13.6. The van der Waals surface area contributed by atoms with Gasteiger partial charge >= 0.3 is 5.97 Å². The van der Waals surface area contributed by atoms with Crippen LogP contribution in [0.15, 0.2) is 24.3 Å². The van der Waals surface area contributed by atoms with Crippen LogP contribution in [0.5, 0.6) is 0 Å². The average Bonchev–Trinajstić information content (AvgIpc) is 3.35. The SMILES string of the molecule is CCC(NC(=O)c1cc(C2CC2)nc2ccc(F)cc12)C(=O)O. The van der Waals surface area contributed by atoms with Gasteiger partial charge in [-0.05, 0) is 43.5 Å². The highest BCUT2D eigenvalue weighted by molar-refractivity contribution is 6.07. The fourth-order valence-corrected chi connectivity index (χ4v) is 2.57. The molecule has 120 valence electrons. The number of carboxylic acid groups (broad SMARTS) is 1. The number of aromatic nitrogens is 1. The molecule has 0 bridgehead atoms. The summed E-state index contributed by atoms with van der Waals surface area (Å²) in [7, 11) is 0. The van der Waals surface area contributed by atoms with Gasteiger partial charge in [-0.1, -0.05) is 6.92 Å². The second-order valence-corrected chi connectivity index (χ2v) is 5.80. The van der Waals surface area contributed by atoms with E-state index in [1.807, 2.05) is 0 Å². The summed E-state index contributed by atoms with van der Waals surface area (Å²) in [6.45, 7) is 1.68. The molecule has 6 heteroatoms. The smallest absolute Gasteiger partial charge is 0.326 e. The maximum absolute atomic E-state index is 13.6. The van der Waals surface area contributed by atoms with Crippen LogP contribution < -0.4 is 5.32 Å². The van der Waals surface area contributed by atoms with Gasteiger partial charge in [-0.25, -0.2) is 9.18 Å². The van der Waals surface area contributed by atoms with Gasteiger partial charge in [-0.2, -0.15) is 0 Å². The molecule has 1 amide bonds. The van der Waals surface area contributed by atoms with E-state index in [2.05, 4.69) is 10.3 Å². The molecular weight excluding hydrogens is 299 g/mol. The Kier molecular flexibility index (Phi) is 3.98. The van der Waals surface area contributed by atoms with E-state index in [9.17, 15) is 14.0 Å². The number of amides is 1. The van der Waals surface area contributed by atoms with Crippen molar-refractivity contribution in [2.24, 2.45) is 0 Å². The number of pyridine rings is 1. The van der Waals surface area contributed by atoms with Crippen LogP contribution in [0.3, 0.4) is 0 Å². The van der Waals surface area contributed by atoms with Gasteiger partial charge < -0.3 is 10.4 Å². The van der Waals surface area contributed by atoms with Crippen LogP contribution in [0.1, 0.15) is 48.2 Å². The molecule has 0 spiro atoms. The molecule has 1 heterocycles. The Hall–Kier alpha value is -2.50. The van der Waals surface area contributed by atoms with E-state index in [4.69, 9.17) is 5.11 Å². The first-order chi connectivity index (χ1) is 11.0. The number of fused-ring (bicyclic) bond motifs is 1. The highest BCUT2D eigenvalue weighted by atomic mass is 19.1. The number of rotatable bonds is 5. The van der Waals surface area contributed by atoms with Crippen LogP contribution in [-0.4, -0.2) is 28.0 Å². The minimum Gasteiger partial charge on any atom is -0.480 e. The lowest BCUT2D eigenvalue weighted by atomic mass is 10.0. The zero-order chi connectivity index (χ0) is 16.6. The van der Waals surface area contributed by atoms with Crippen molar-refractivity contribution < 1.29 is 19.1 Å². The second-order valence-electron chi connectivity index (χ2n) is 5.80. The molecule has 2 N–H and O–H groups in total. The van der Waals surface area contributed by atoms with Gasteiger partial charge in [0, 0.05) is 17.0 Å². The molecule has 0 radical (unpaired) electrons. The van der Waals surface area contributed by atoms with Crippen LogP contribution in [-0.2, 0) is 4.79 Å². The molecule has 1 unspecified atom stereocenters. The molecule has 23 heavy (non-hydrogen) atoms. The van der Waals surface area contributed by atoms with Gasteiger partial charge in [-0.3, -0.25) is 9.78 Å². The zero-order valence-corrected chi connectivity index (χ0v) is 12.7. The number of hydrogen-bond donors (Lipinski definition) is 2. The van der Waals surface area contributed by atoms with Gasteiger partial charge in [0.15, 0.2) is 0 Å². The van der Waals surface area contributed by atoms with Gasteiger partial charge in [0.1, 0.15) is 11.9 Å². The summed E-state index contributed by atoms with van der Waals surface area (Å²) in [4.78, 5) is 28.1. The van der Waals surface area contributed by atoms with E-state index in [1.165, 1.54) is 12.1 Å². The van der Waals surface area contributed by atoms with Crippen molar-refractivity contribution in [3.8, 4) is 0 Å². The van der Waals surface area contributed by atoms with Crippen LogP contribution in [0.2, 0.25) is 0 Å². The monoisotopic (exact) mass is 316 g/mol. The Balaban J connectivity index is 2.05. The Morgan fingerprint density at radius 2 is 2.13 bits per heavy atom. The van der Waals surface area contributed by atoms with Crippen molar-refractivity contribution in [2.75, 3.05) is 0 Å². The normalized spacial score (nSPS) is 15.4. The molecule has 1 aromatic carbocycles. The highest BCUT2D eigenvalue weighted by Crippen LogP contribution is 2.40. The number of nitrogens with one attached hydrogen (secondary N) is 1. The fraction of sp³-hybridized carbons (Fsp3) is 0.353. The Labute approximate surface area is 132 Å². The molecule has 1 saturated carbocycles. The van der Waals surface area contributed by atoms with Gasteiger partial charge in [0.2, 0.25) is 0 Å². The van der Waals surface area contributed by atoms with Crippen molar-refractivity contribution >= 4 is 22.8 Å². The molecule has 2 aromatic rings. The molecule has 3 rings (SSSR count). The summed E-state index contributed by atoms with van der Waals surface area (Å²) >= 11 is 0. The molecule has 1 aliphatic carbocycles. The number of hydrogen-bond acceptors (Lipinski definition) is 3. The largest absolute Gasteiger partial charge is 0.480 e. The van der Waals surface area contributed by atoms with E-state index in [-0.39, 0.29) is 12.0 Å². The zero-order valence-electron chi connectivity index (χ0n) is 12.7. The van der Waals surface area contributed by atoms with Crippen molar-refractivity contribution in [2.45, 2.75) is 38.1 Å². The Morgan fingerprint density at radius 1 is 1.39 bits per heavy atom.